The molecule has 20 heavy (non-hydrogen) atoms. The van der Waals surface area contributed by atoms with Gasteiger partial charge < -0.3 is 16.0 Å². The van der Waals surface area contributed by atoms with Crippen molar-refractivity contribution in [2.75, 3.05) is 11.9 Å². The van der Waals surface area contributed by atoms with Crippen LogP contribution in [0, 0.1) is 0 Å². The minimum Gasteiger partial charge on any atom is -0.335 e. The fourth-order valence-electron chi connectivity index (χ4n) is 1.83. The number of amides is 2. The topological polar surface area (TPSA) is 53.2 Å². The van der Waals surface area contributed by atoms with Crippen molar-refractivity contribution in [3.63, 3.8) is 0 Å². The first-order valence-electron chi connectivity index (χ1n) is 7.47. The third-order valence-corrected chi connectivity index (χ3v) is 3.36. The molecule has 0 aromatic heterocycles. The van der Waals surface area contributed by atoms with Crippen molar-refractivity contribution in [3.05, 3.63) is 29.8 Å². The summed E-state index contributed by atoms with van der Waals surface area (Å²) in [6, 6.07) is 8.35. The zero-order valence-corrected chi connectivity index (χ0v) is 13.0. The maximum Gasteiger partial charge on any atom is 0.319 e. The first-order valence-corrected chi connectivity index (χ1v) is 7.47. The van der Waals surface area contributed by atoms with Crippen LogP contribution >= 0.6 is 0 Å². The summed E-state index contributed by atoms with van der Waals surface area (Å²) in [6.07, 6.45) is 2.05. The van der Waals surface area contributed by atoms with Crippen molar-refractivity contribution >= 4 is 11.7 Å². The van der Waals surface area contributed by atoms with E-state index in [0.717, 1.165) is 25.1 Å². The Labute approximate surface area is 122 Å². The van der Waals surface area contributed by atoms with E-state index in [4.69, 9.17) is 0 Å². The van der Waals surface area contributed by atoms with Crippen LogP contribution in [0.2, 0.25) is 0 Å². The third kappa shape index (κ3) is 5.61. The summed E-state index contributed by atoms with van der Waals surface area (Å²) >= 11 is 0. The fourth-order valence-corrected chi connectivity index (χ4v) is 1.83. The summed E-state index contributed by atoms with van der Waals surface area (Å²) in [5.74, 6) is 0. The number of urea groups is 1. The lowest BCUT2D eigenvalue weighted by Gasteiger charge is -2.15. The van der Waals surface area contributed by atoms with Gasteiger partial charge in [-0.1, -0.05) is 26.0 Å². The van der Waals surface area contributed by atoms with Crippen LogP contribution < -0.4 is 16.0 Å². The first kappa shape index (κ1) is 16.5. The molecule has 2 amide bonds. The molecule has 2 atom stereocenters. The standard InChI is InChI=1S/C16H27N3O/c1-5-11-17-13(4)14-7-9-15(10-8-14)19-16(20)18-12(3)6-2/h7-10,12-13,17H,5-6,11H2,1-4H3,(H2,18,19,20). The van der Waals surface area contributed by atoms with E-state index < -0.39 is 0 Å². The van der Waals surface area contributed by atoms with Crippen LogP contribution in [-0.4, -0.2) is 18.6 Å². The molecule has 0 spiro atoms. The number of anilines is 1. The van der Waals surface area contributed by atoms with Gasteiger partial charge in [0, 0.05) is 17.8 Å². The summed E-state index contributed by atoms with van der Waals surface area (Å²) in [7, 11) is 0. The Morgan fingerprint density at radius 1 is 1.15 bits per heavy atom. The second-order valence-corrected chi connectivity index (χ2v) is 5.21. The Hall–Kier alpha value is -1.55. The predicted octanol–water partition coefficient (Wildman–Crippen LogP) is 3.67. The Balaban J connectivity index is 2.51. The van der Waals surface area contributed by atoms with Gasteiger partial charge in [-0.15, -0.1) is 0 Å². The zero-order valence-electron chi connectivity index (χ0n) is 13.0. The summed E-state index contributed by atoms with van der Waals surface area (Å²) in [6.45, 7) is 9.35. The molecule has 0 saturated carbocycles. The highest BCUT2D eigenvalue weighted by atomic mass is 16.2. The van der Waals surface area contributed by atoms with E-state index in [2.05, 4.69) is 29.8 Å². The van der Waals surface area contributed by atoms with Crippen molar-refractivity contribution in [2.45, 2.75) is 52.6 Å². The average Bonchev–Trinajstić information content (AvgIpc) is 2.45. The molecule has 1 aromatic rings. The third-order valence-electron chi connectivity index (χ3n) is 3.36. The molecule has 0 radical (unpaired) electrons. The van der Waals surface area contributed by atoms with Gasteiger partial charge in [0.05, 0.1) is 0 Å². The molecule has 0 bridgehead atoms. The zero-order chi connectivity index (χ0) is 15.0. The minimum absolute atomic E-state index is 0.149. The largest absolute Gasteiger partial charge is 0.335 e. The van der Waals surface area contributed by atoms with Gasteiger partial charge in [0.1, 0.15) is 0 Å². The second kappa shape index (κ2) is 8.59. The van der Waals surface area contributed by atoms with E-state index in [-0.39, 0.29) is 12.1 Å². The number of benzene rings is 1. The first-order chi connectivity index (χ1) is 9.56. The van der Waals surface area contributed by atoms with E-state index >= 15 is 0 Å². The minimum atomic E-state index is -0.149. The van der Waals surface area contributed by atoms with E-state index in [1.807, 2.05) is 38.1 Å². The number of nitrogens with one attached hydrogen (secondary N) is 3. The summed E-state index contributed by atoms with van der Waals surface area (Å²) in [4.78, 5) is 11.7. The highest BCUT2D eigenvalue weighted by molar-refractivity contribution is 5.89. The van der Waals surface area contributed by atoms with Gasteiger partial charge in [-0.2, -0.15) is 0 Å². The maximum absolute atomic E-state index is 11.7. The van der Waals surface area contributed by atoms with E-state index in [1.165, 1.54) is 5.56 Å². The number of rotatable bonds is 7. The molecular weight excluding hydrogens is 250 g/mol. The van der Waals surface area contributed by atoms with Gasteiger partial charge in [0.15, 0.2) is 0 Å². The van der Waals surface area contributed by atoms with Gasteiger partial charge in [0.2, 0.25) is 0 Å². The monoisotopic (exact) mass is 277 g/mol. The van der Waals surface area contributed by atoms with E-state index in [0.29, 0.717) is 6.04 Å². The van der Waals surface area contributed by atoms with Gasteiger partial charge in [0.25, 0.3) is 0 Å². The Kier molecular flexibility index (Phi) is 7.09. The van der Waals surface area contributed by atoms with Crippen LogP contribution in [0.1, 0.15) is 52.1 Å². The summed E-state index contributed by atoms with van der Waals surface area (Å²) in [5, 5.41) is 9.17. The number of hydrogen-bond donors (Lipinski definition) is 3. The lowest BCUT2D eigenvalue weighted by Crippen LogP contribution is -2.35. The molecule has 3 N–H and O–H groups in total. The highest BCUT2D eigenvalue weighted by Crippen LogP contribution is 2.16. The van der Waals surface area contributed by atoms with Gasteiger partial charge in [-0.05, 0) is 50.9 Å². The Morgan fingerprint density at radius 2 is 1.80 bits per heavy atom. The molecule has 0 saturated heterocycles. The lowest BCUT2D eigenvalue weighted by atomic mass is 10.1. The summed E-state index contributed by atoms with van der Waals surface area (Å²) in [5.41, 5.74) is 2.04. The van der Waals surface area contributed by atoms with Crippen molar-refractivity contribution in [3.8, 4) is 0 Å². The molecule has 1 aromatic carbocycles. The molecule has 0 heterocycles. The molecule has 0 fully saturated rings. The van der Waals surface area contributed by atoms with Crippen LogP contribution in [0.5, 0.6) is 0 Å². The molecule has 4 heteroatoms. The molecule has 4 nitrogen and oxygen atoms in total. The highest BCUT2D eigenvalue weighted by Gasteiger charge is 2.07. The molecule has 2 unspecified atom stereocenters. The SMILES string of the molecule is CCCNC(C)c1ccc(NC(=O)NC(C)CC)cc1. The van der Waals surface area contributed by atoms with Gasteiger partial charge >= 0.3 is 6.03 Å². The van der Waals surface area contributed by atoms with Crippen molar-refractivity contribution in [1.82, 2.24) is 10.6 Å². The van der Waals surface area contributed by atoms with Gasteiger partial charge in [-0.25, -0.2) is 4.79 Å². The molecule has 0 aliphatic carbocycles. The van der Waals surface area contributed by atoms with Crippen LogP contribution in [0.25, 0.3) is 0 Å². The summed E-state index contributed by atoms with van der Waals surface area (Å²) < 4.78 is 0. The lowest BCUT2D eigenvalue weighted by molar-refractivity contribution is 0.249. The Morgan fingerprint density at radius 3 is 2.35 bits per heavy atom. The van der Waals surface area contributed by atoms with Crippen molar-refractivity contribution in [1.29, 1.82) is 0 Å². The van der Waals surface area contributed by atoms with E-state index in [1.54, 1.807) is 0 Å². The average molecular weight is 277 g/mol. The van der Waals surface area contributed by atoms with E-state index in [9.17, 15) is 4.79 Å². The molecule has 1 rings (SSSR count). The van der Waals surface area contributed by atoms with Crippen molar-refractivity contribution < 1.29 is 4.79 Å². The molecule has 0 aliphatic rings. The fraction of sp³-hybridized carbons (Fsp3) is 0.562. The number of hydrogen-bond acceptors (Lipinski definition) is 2. The maximum atomic E-state index is 11.7. The quantitative estimate of drug-likeness (QED) is 0.712. The molecule has 112 valence electrons. The van der Waals surface area contributed by atoms with Crippen LogP contribution in [0.15, 0.2) is 24.3 Å². The Bertz CT molecular complexity index is 403. The normalized spacial score (nSPS) is 13.6. The predicted molar refractivity (Wildman–Crippen MR) is 85.1 cm³/mol. The number of carbonyl (C=O) groups is 1. The van der Waals surface area contributed by atoms with Crippen molar-refractivity contribution in [2.24, 2.45) is 0 Å². The molecule has 0 aliphatic heterocycles. The second-order valence-electron chi connectivity index (χ2n) is 5.21. The van der Waals surface area contributed by atoms with Crippen LogP contribution in [0.3, 0.4) is 0 Å². The van der Waals surface area contributed by atoms with Crippen LogP contribution in [-0.2, 0) is 0 Å². The van der Waals surface area contributed by atoms with Crippen LogP contribution in [0.4, 0.5) is 10.5 Å². The van der Waals surface area contributed by atoms with Gasteiger partial charge in [-0.3, -0.25) is 0 Å². The smallest absolute Gasteiger partial charge is 0.319 e. The number of carbonyl (C=O) groups excluding carboxylic acids is 1. The molecular formula is C16H27N3O.